The molecule has 0 spiro atoms. The van der Waals surface area contributed by atoms with Crippen LogP contribution in [0.1, 0.15) is 0 Å². The SMILES string of the molecule is Oc1c(O)c(O)c(-c2cc(-c3c(O)c(O)c(O)c(O)c3O)cc(N(c3ccc4c(c3)oc3c5ccccc5ccc43)c3ccc4c(c3)sc3c5ccccc5ccc43)c2)c(O)c1O. The highest BCUT2D eigenvalue weighted by atomic mass is 32.1. The molecule has 0 aliphatic heterocycles. The highest BCUT2D eigenvalue weighted by molar-refractivity contribution is 7.26. The van der Waals surface area contributed by atoms with Gasteiger partial charge in [-0.3, -0.25) is 0 Å². The number of aromatic hydroxyl groups is 10. The van der Waals surface area contributed by atoms with Crippen molar-refractivity contribution in [3.63, 3.8) is 0 Å². The second-order valence-corrected chi connectivity index (χ2v) is 16.3. The summed E-state index contributed by atoms with van der Waals surface area (Å²) in [7, 11) is 0. The van der Waals surface area contributed by atoms with E-state index in [9.17, 15) is 51.1 Å². The topological polar surface area (TPSA) is 219 Å². The molecule has 0 saturated heterocycles. The molecule has 2 aromatic heterocycles. The number of phenolic OH excluding ortho intramolecular Hbond substituents is 10. The molecule has 13 heteroatoms. The smallest absolute Gasteiger partial charge is 0.208 e. The maximum absolute atomic E-state index is 11.2. The maximum Gasteiger partial charge on any atom is 0.208 e. The van der Waals surface area contributed by atoms with E-state index in [1.807, 2.05) is 84.9 Å². The number of hydrogen-bond acceptors (Lipinski definition) is 13. The van der Waals surface area contributed by atoms with Crippen LogP contribution in [0.5, 0.6) is 57.5 Å². The van der Waals surface area contributed by atoms with Crippen LogP contribution in [-0.2, 0) is 0 Å². The highest BCUT2D eigenvalue weighted by Gasteiger charge is 2.29. The lowest BCUT2D eigenvalue weighted by Gasteiger charge is -2.27. The van der Waals surface area contributed by atoms with Gasteiger partial charge < -0.3 is 60.4 Å². The van der Waals surface area contributed by atoms with Crippen LogP contribution in [0.2, 0.25) is 0 Å². The van der Waals surface area contributed by atoms with E-state index in [-0.39, 0.29) is 16.8 Å². The second kappa shape index (κ2) is 13.4. The molecule has 308 valence electrons. The fraction of sp³-hybridized carbons (Fsp3) is 0. The van der Waals surface area contributed by atoms with Crippen molar-refractivity contribution in [1.82, 2.24) is 0 Å². The van der Waals surface area contributed by atoms with Crippen LogP contribution < -0.4 is 4.90 Å². The Morgan fingerprint density at radius 2 is 0.841 bits per heavy atom. The molecule has 0 radical (unpaired) electrons. The largest absolute Gasteiger partial charge is 0.504 e. The van der Waals surface area contributed by atoms with Crippen molar-refractivity contribution in [2.75, 3.05) is 4.90 Å². The van der Waals surface area contributed by atoms with E-state index in [0.29, 0.717) is 22.5 Å². The minimum atomic E-state index is -1.19. The molecule has 63 heavy (non-hydrogen) atoms. The zero-order valence-electron chi connectivity index (χ0n) is 32.4. The Hall–Kier alpha value is -8.68. The van der Waals surface area contributed by atoms with Crippen LogP contribution in [0.3, 0.4) is 0 Å². The summed E-state index contributed by atoms with van der Waals surface area (Å²) in [5.74, 6) is -11.1. The van der Waals surface area contributed by atoms with Crippen molar-refractivity contribution < 1.29 is 55.5 Å². The van der Waals surface area contributed by atoms with Crippen LogP contribution in [0.4, 0.5) is 17.1 Å². The number of anilines is 3. The monoisotopic (exact) mass is 853 g/mol. The van der Waals surface area contributed by atoms with Gasteiger partial charge in [0.15, 0.2) is 23.0 Å². The molecule has 11 rings (SSSR count). The third-order valence-corrected chi connectivity index (χ3v) is 12.9. The van der Waals surface area contributed by atoms with Gasteiger partial charge in [0.05, 0.1) is 11.1 Å². The summed E-state index contributed by atoms with van der Waals surface area (Å²) in [5.41, 5.74) is 1.10. The summed E-state index contributed by atoms with van der Waals surface area (Å²) >= 11 is 1.60. The highest BCUT2D eigenvalue weighted by Crippen LogP contribution is 2.59. The van der Waals surface area contributed by atoms with Gasteiger partial charge in [-0.05, 0) is 75.8 Å². The molecule has 0 amide bonds. The van der Waals surface area contributed by atoms with Gasteiger partial charge in [-0.15, -0.1) is 11.3 Å². The van der Waals surface area contributed by atoms with E-state index in [1.165, 1.54) is 18.2 Å². The molecule has 11 aromatic rings. The molecular weight excluding hydrogens is 823 g/mol. The minimum Gasteiger partial charge on any atom is -0.504 e. The van der Waals surface area contributed by atoms with Crippen LogP contribution in [0, 0.1) is 0 Å². The fourth-order valence-corrected chi connectivity index (χ4v) is 9.93. The Labute approximate surface area is 358 Å². The quantitative estimate of drug-likeness (QED) is 0.0577. The Kier molecular flexibility index (Phi) is 7.95. The first-order chi connectivity index (χ1) is 30.4. The Bertz CT molecular complexity index is 3480. The number of thiophene rings is 1. The number of benzene rings is 9. The van der Waals surface area contributed by atoms with E-state index in [0.717, 1.165) is 52.5 Å². The molecule has 10 N–H and O–H groups in total. The number of hydrogen-bond donors (Lipinski definition) is 10. The van der Waals surface area contributed by atoms with Crippen LogP contribution in [0.15, 0.2) is 132 Å². The molecular formula is C50H31NO11S. The number of rotatable bonds is 5. The van der Waals surface area contributed by atoms with Gasteiger partial charge in [-0.25, -0.2) is 0 Å². The summed E-state index contributed by atoms with van der Waals surface area (Å²) in [6.07, 6.45) is 0. The number of fused-ring (bicyclic) bond motifs is 10. The standard InChI is InChI=1S/C50H31NO11S/c52-39-37(40(53)44(57)47(60)43(39)56)24-17-25(38-41(54)45(58)48(61)46(59)42(38)55)19-28(18-24)51(26-11-15-31-33-13-9-22-5-1-3-7-29(22)49(33)62-35(31)20-26)27-12-16-32-34-14-10-23-6-2-4-8-30(23)50(34)63-36(32)21-27/h1-21,52-61H. The van der Waals surface area contributed by atoms with Gasteiger partial charge in [0.1, 0.15) is 11.2 Å². The second-order valence-electron chi connectivity index (χ2n) is 15.2. The van der Waals surface area contributed by atoms with E-state index in [4.69, 9.17) is 4.42 Å². The van der Waals surface area contributed by atoms with E-state index in [1.54, 1.807) is 16.2 Å². The Morgan fingerprint density at radius 1 is 0.365 bits per heavy atom. The predicted octanol–water partition coefficient (Wildman–Crippen LogP) is 12.1. The number of furan rings is 1. The van der Waals surface area contributed by atoms with Gasteiger partial charge in [0.2, 0.25) is 34.5 Å². The molecule has 9 aromatic carbocycles. The third kappa shape index (κ3) is 5.40. The summed E-state index contributed by atoms with van der Waals surface area (Å²) in [4.78, 5) is 1.79. The Balaban J connectivity index is 1.22. The summed E-state index contributed by atoms with van der Waals surface area (Å²) in [5, 5.41) is 116. The van der Waals surface area contributed by atoms with Gasteiger partial charge in [0.25, 0.3) is 0 Å². The van der Waals surface area contributed by atoms with Crippen molar-refractivity contribution in [3.05, 3.63) is 127 Å². The minimum absolute atomic E-state index is 0.148. The molecule has 0 fully saturated rings. The molecule has 0 saturated carbocycles. The molecule has 2 heterocycles. The number of nitrogens with zero attached hydrogens (tertiary/aromatic N) is 1. The van der Waals surface area contributed by atoms with E-state index < -0.39 is 68.6 Å². The van der Waals surface area contributed by atoms with Crippen molar-refractivity contribution in [1.29, 1.82) is 0 Å². The lowest BCUT2D eigenvalue weighted by molar-refractivity contribution is 0.330. The molecule has 0 atom stereocenters. The van der Waals surface area contributed by atoms with Gasteiger partial charge >= 0.3 is 0 Å². The molecule has 0 aliphatic rings. The molecule has 12 nitrogen and oxygen atoms in total. The summed E-state index contributed by atoms with van der Waals surface area (Å²) in [6, 6.07) is 39.8. The zero-order chi connectivity index (χ0) is 43.6. The summed E-state index contributed by atoms with van der Waals surface area (Å²) < 4.78 is 8.59. The Morgan fingerprint density at radius 3 is 1.44 bits per heavy atom. The van der Waals surface area contributed by atoms with Crippen LogP contribution in [-0.4, -0.2) is 51.1 Å². The van der Waals surface area contributed by atoms with Crippen molar-refractivity contribution in [2.45, 2.75) is 0 Å². The van der Waals surface area contributed by atoms with Crippen LogP contribution in [0.25, 0.3) is 85.9 Å². The van der Waals surface area contributed by atoms with Gasteiger partial charge in [-0.1, -0.05) is 72.8 Å². The third-order valence-electron chi connectivity index (χ3n) is 11.7. The average molecular weight is 854 g/mol. The van der Waals surface area contributed by atoms with Crippen molar-refractivity contribution in [2.24, 2.45) is 0 Å². The molecule has 0 aliphatic carbocycles. The van der Waals surface area contributed by atoms with Crippen molar-refractivity contribution >= 4 is 92.1 Å². The zero-order valence-corrected chi connectivity index (χ0v) is 33.2. The lowest BCUT2D eigenvalue weighted by atomic mass is 9.94. The first kappa shape index (κ1) is 37.3. The first-order valence-corrected chi connectivity index (χ1v) is 20.2. The van der Waals surface area contributed by atoms with E-state index in [2.05, 4.69) is 24.3 Å². The fourth-order valence-electron chi connectivity index (χ4n) is 8.66. The van der Waals surface area contributed by atoms with Gasteiger partial charge in [0, 0.05) is 59.5 Å². The number of phenols is 10. The van der Waals surface area contributed by atoms with Crippen LogP contribution >= 0.6 is 11.3 Å². The summed E-state index contributed by atoms with van der Waals surface area (Å²) in [6.45, 7) is 0. The molecule has 0 unspecified atom stereocenters. The predicted molar refractivity (Wildman–Crippen MR) is 244 cm³/mol. The normalized spacial score (nSPS) is 11.8. The van der Waals surface area contributed by atoms with Crippen molar-refractivity contribution in [3.8, 4) is 79.7 Å². The van der Waals surface area contributed by atoms with E-state index >= 15 is 0 Å². The average Bonchev–Trinajstić information content (AvgIpc) is 3.87. The lowest BCUT2D eigenvalue weighted by Crippen LogP contribution is -2.10. The maximum atomic E-state index is 11.2. The van der Waals surface area contributed by atoms with Gasteiger partial charge in [-0.2, -0.15) is 0 Å². The molecule has 0 bridgehead atoms. The first-order valence-electron chi connectivity index (χ1n) is 19.4.